The van der Waals surface area contributed by atoms with E-state index in [0.717, 1.165) is 37.7 Å². The van der Waals surface area contributed by atoms with Crippen LogP contribution in [0, 0.1) is 0 Å². The van der Waals surface area contributed by atoms with Crippen molar-refractivity contribution in [2.24, 2.45) is 0 Å². The van der Waals surface area contributed by atoms with Crippen molar-refractivity contribution < 1.29 is 9.47 Å². The van der Waals surface area contributed by atoms with Gasteiger partial charge in [0, 0.05) is 32.2 Å². The van der Waals surface area contributed by atoms with Crippen molar-refractivity contribution in [3.05, 3.63) is 24.3 Å². The van der Waals surface area contributed by atoms with Gasteiger partial charge >= 0.3 is 0 Å². The molecule has 1 aromatic rings. The molecular weight excluding hydrogens is 228 g/mol. The highest BCUT2D eigenvalue weighted by Crippen LogP contribution is 2.25. The summed E-state index contributed by atoms with van der Waals surface area (Å²) in [7, 11) is 1.67. The number of piperazine rings is 1. The van der Waals surface area contributed by atoms with Crippen molar-refractivity contribution in [2.75, 3.05) is 39.9 Å². The highest BCUT2D eigenvalue weighted by atomic mass is 16.5. The van der Waals surface area contributed by atoms with Crippen LogP contribution in [0.25, 0.3) is 0 Å². The molecule has 1 atom stereocenters. The summed E-state index contributed by atoms with van der Waals surface area (Å²) >= 11 is 0. The van der Waals surface area contributed by atoms with Gasteiger partial charge in [0.2, 0.25) is 0 Å². The fraction of sp³-hybridized carbons (Fsp3) is 0.571. The Balaban J connectivity index is 1.77. The van der Waals surface area contributed by atoms with Crippen LogP contribution in [0.2, 0.25) is 0 Å². The molecule has 1 fully saturated rings. The summed E-state index contributed by atoms with van der Waals surface area (Å²) in [5.74, 6) is 1.62. The Morgan fingerprint density at radius 2 is 2.11 bits per heavy atom. The maximum atomic E-state index is 5.78. The Morgan fingerprint density at radius 1 is 1.33 bits per heavy atom. The van der Waals surface area contributed by atoms with Crippen molar-refractivity contribution in [3.8, 4) is 11.5 Å². The van der Waals surface area contributed by atoms with E-state index in [4.69, 9.17) is 9.47 Å². The molecule has 0 saturated carbocycles. The van der Waals surface area contributed by atoms with Crippen LogP contribution < -0.4 is 14.8 Å². The lowest BCUT2D eigenvalue weighted by Crippen LogP contribution is -2.50. The number of methoxy groups -OCH3 is 1. The zero-order valence-electron chi connectivity index (χ0n) is 11.2. The Labute approximate surface area is 109 Å². The smallest absolute Gasteiger partial charge is 0.161 e. The van der Waals surface area contributed by atoms with E-state index >= 15 is 0 Å². The Kier molecular flexibility index (Phi) is 4.84. The lowest BCUT2D eigenvalue weighted by Gasteiger charge is -2.31. The lowest BCUT2D eigenvalue weighted by molar-refractivity contribution is 0.168. The summed E-state index contributed by atoms with van der Waals surface area (Å²) < 4.78 is 11.0. The minimum atomic E-state index is 0.574. The predicted octanol–water partition coefficient (Wildman–Crippen LogP) is 1.37. The molecule has 0 unspecified atom stereocenters. The Bertz CT molecular complexity index is 371. The molecule has 0 radical (unpaired) electrons. The SMILES string of the molecule is COc1ccccc1OCCN1CCN[C@H](C)C1. The third kappa shape index (κ3) is 3.62. The number of hydrogen-bond donors (Lipinski definition) is 1. The summed E-state index contributed by atoms with van der Waals surface area (Å²) in [4.78, 5) is 2.43. The van der Waals surface area contributed by atoms with Crippen LogP contribution in [0.1, 0.15) is 6.92 Å². The number of hydrogen-bond acceptors (Lipinski definition) is 4. The first-order valence-corrected chi connectivity index (χ1v) is 6.51. The van der Waals surface area contributed by atoms with E-state index < -0.39 is 0 Å². The van der Waals surface area contributed by atoms with Gasteiger partial charge in [-0.2, -0.15) is 0 Å². The highest BCUT2D eigenvalue weighted by Gasteiger charge is 2.15. The van der Waals surface area contributed by atoms with E-state index in [-0.39, 0.29) is 0 Å². The standard InChI is InChI=1S/C14H22N2O2/c1-12-11-16(8-7-15-12)9-10-18-14-6-4-3-5-13(14)17-2/h3-6,12,15H,7-11H2,1-2H3/t12-/m1/s1. The first kappa shape index (κ1) is 13.2. The second-order valence-corrected chi connectivity index (χ2v) is 4.66. The first-order valence-electron chi connectivity index (χ1n) is 6.51. The quantitative estimate of drug-likeness (QED) is 0.856. The average molecular weight is 250 g/mol. The molecule has 0 spiro atoms. The fourth-order valence-electron chi connectivity index (χ4n) is 2.24. The van der Waals surface area contributed by atoms with Gasteiger partial charge < -0.3 is 14.8 Å². The van der Waals surface area contributed by atoms with Crippen molar-refractivity contribution in [2.45, 2.75) is 13.0 Å². The molecule has 0 aromatic heterocycles. The molecule has 100 valence electrons. The minimum absolute atomic E-state index is 0.574. The lowest BCUT2D eigenvalue weighted by atomic mass is 10.2. The van der Waals surface area contributed by atoms with E-state index in [2.05, 4.69) is 17.1 Å². The van der Waals surface area contributed by atoms with Gasteiger partial charge in [-0.15, -0.1) is 0 Å². The minimum Gasteiger partial charge on any atom is -0.493 e. The summed E-state index contributed by atoms with van der Waals surface area (Å²) in [6, 6.07) is 8.35. The third-order valence-electron chi connectivity index (χ3n) is 3.19. The normalized spacial score (nSPS) is 20.7. The van der Waals surface area contributed by atoms with Gasteiger partial charge in [0.15, 0.2) is 11.5 Å². The van der Waals surface area contributed by atoms with Gasteiger partial charge in [-0.05, 0) is 19.1 Å². The predicted molar refractivity (Wildman–Crippen MR) is 72.4 cm³/mol. The van der Waals surface area contributed by atoms with E-state index in [1.165, 1.54) is 0 Å². The molecule has 1 aliphatic rings. The van der Waals surface area contributed by atoms with Gasteiger partial charge in [0.25, 0.3) is 0 Å². The molecule has 1 heterocycles. The molecule has 0 bridgehead atoms. The second kappa shape index (κ2) is 6.61. The fourth-order valence-corrected chi connectivity index (χ4v) is 2.24. The molecule has 18 heavy (non-hydrogen) atoms. The van der Waals surface area contributed by atoms with Crippen molar-refractivity contribution in [1.82, 2.24) is 10.2 Å². The number of rotatable bonds is 5. The van der Waals surface area contributed by atoms with Gasteiger partial charge in [-0.25, -0.2) is 0 Å². The largest absolute Gasteiger partial charge is 0.493 e. The van der Waals surface area contributed by atoms with Crippen molar-refractivity contribution >= 4 is 0 Å². The van der Waals surface area contributed by atoms with Crippen LogP contribution in [0.4, 0.5) is 0 Å². The molecular formula is C14H22N2O2. The van der Waals surface area contributed by atoms with E-state index in [1.54, 1.807) is 7.11 Å². The maximum Gasteiger partial charge on any atom is 0.161 e. The molecule has 4 heteroatoms. The van der Waals surface area contributed by atoms with E-state index in [9.17, 15) is 0 Å². The molecule has 1 saturated heterocycles. The summed E-state index contributed by atoms with van der Waals surface area (Å²) in [5, 5.41) is 3.44. The van der Waals surface area contributed by atoms with E-state index in [1.807, 2.05) is 24.3 Å². The van der Waals surface area contributed by atoms with Gasteiger partial charge in [0.1, 0.15) is 6.61 Å². The zero-order chi connectivity index (χ0) is 12.8. The van der Waals surface area contributed by atoms with Gasteiger partial charge in [-0.3, -0.25) is 4.90 Å². The molecule has 0 amide bonds. The van der Waals surface area contributed by atoms with Crippen LogP contribution >= 0.6 is 0 Å². The molecule has 1 aliphatic heterocycles. The number of benzene rings is 1. The van der Waals surface area contributed by atoms with Crippen LogP contribution in [0.3, 0.4) is 0 Å². The van der Waals surface area contributed by atoms with Crippen LogP contribution in [-0.2, 0) is 0 Å². The number of para-hydroxylation sites is 2. The number of nitrogens with one attached hydrogen (secondary N) is 1. The number of nitrogens with zero attached hydrogens (tertiary/aromatic N) is 1. The van der Waals surface area contributed by atoms with Crippen LogP contribution in [-0.4, -0.2) is 50.8 Å². The number of ether oxygens (including phenoxy) is 2. The summed E-state index contributed by atoms with van der Waals surface area (Å²) in [6.07, 6.45) is 0. The monoisotopic (exact) mass is 250 g/mol. The summed E-state index contributed by atoms with van der Waals surface area (Å²) in [6.45, 7) is 7.13. The molecule has 1 N–H and O–H groups in total. The molecule has 0 aliphatic carbocycles. The van der Waals surface area contributed by atoms with Crippen LogP contribution in [0.5, 0.6) is 11.5 Å². The van der Waals surface area contributed by atoms with Gasteiger partial charge in [0.05, 0.1) is 7.11 Å². The third-order valence-corrected chi connectivity index (χ3v) is 3.19. The molecule has 1 aromatic carbocycles. The summed E-state index contributed by atoms with van der Waals surface area (Å²) in [5.41, 5.74) is 0. The van der Waals surface area contributed by atoms with Crippen molar-refractivity contribution in [1.29, 1.82) is 0 Å². The van der Waals surface area contributed by atoms with Crippen LogP contribution in [0.15, 0.2) is 24.3 Å². The second-order valence-electron chi connectivity index (χ2n) is 4.66. The average Bonchev–Trinajstić information content (AvgIpc) is 2.39. The Morgan fingerprint density at radius 3 is 2.83 bits per heavy atom. The Hall–Kier alpha value is -1.26. The maximum absolute atomic E-state index is 5.78. The topological polar surface area (TPSA) is 33.7 Å². The highest BCUT2D eigenvalue weighted by molar-refractivity contribution is 5.39. The first-order chi connectivity index (χ1) is 8.79. The molecule has 2 rings (SSSR count). The van der Waals surface area contributed by atoms with E-state index in [0.29, 0.717) is 12.6 Å². The molecule has 4 nitrogen and oxygen atoms in total. The van der Waals surface area contributed by atoms with Gasteiger partial charge in [-0.1, -0.05) is 12.1 Å². The zero-order valence-corrected chi connectivity index (χ0v) is 11.2. The van der Waals surface area contributed by atoms with Crippen molar-refractivity contribution in [3.63, 3.8) is 0 Å².